The maximum absolute atomic E-state index is 5.80. The molecular formula is C13H14ClN3O. The minimum Gasteiger partial charge on any atom is -0.491 e. The fourth-order valence-corrected chi connectivity index (χ4v) is 1.60. The third kappa shape index (κ3) is 4.31. The molecule has 18 heavy (non-hydrogen) atoms. The lowest BCUT2D eigenvalue weighted by atomic mass is 10.3. The summed E-state index contributed by atoms with van der Waals surface area (Å²) in [5.41, 5.74) is 1.02. The van der Waals surface area contributed by atoms with Gasteiger partial charge in [-0.2, -0.15) is 0 Å². The average molecular weight is 264 g/mol. The molecule has 0 radical (unpaired) electrons. The Labute approximate surface area is 111 Å². The van der Waals surface area contributed by atoms with E-state index in [4.69, 9.17) is 16.3 Å². The Morgan fingerprint density at radius 1 is 1.28 bits per heavy atom. The van der Waals surface area contributed by atoms with Gasteiger partial charge in [0.25, 0.3) is 0 Å². The van der Waals surface area contributed by atoms with Crippen molar-refractivity contribution < 1.29 is 4.74 Å². The van der Waals surface area contributed by atoms with Crippen LogP contribution < -0.4 is 10.1 Å². The first-order chi connectivity index (χ1) is 8.84. The first-order valence-electron chi connectivity index (χ1n) is 5.68. The lowest BCUT2D eigenvalue weighted by Crippen LogP contribution is -2.21. The van der Waals surface area contributed by atoms with Crippen LogP contribution in [0.2, 0.25) is 5.02 Å². The van der Waals surface area contributed by atoms with Crippen molar-refractivity contribution in [1.82, 2.24) is 15.3 Å². The summed E-state index contributed by atoms with van der Waals surface area (Å²) in [6, 6.07) is 7.60. The van der Waals surface area contributed by atoms with Crippen LogP contribution in [0.4, 0.5) is 0 Å². The third-order valence-corrected chi connectivity index (χ3v) is 2.47. The molecule has 5 heteroatoms. The van der Waals surface area contributed by atoms with Gasteiger partial charge < -0.3 is 10.1 Å². The zero-order valence-corrected chi connectivity index (χ0v) is 10.6. The molecule has 94 valence electrons. The standard InChI is InChI=1S/C13H14ClN3O/c14-11-7-13(10-16-8-11)18-6-5-15-9-12-3-1-2-4-17-12/h1-4,7-8,10,15H,5-6,9H2. The lowest BCUT2D eigenvalue weighted by molar-refractivity contribution is 0.312. The topological polar surface area (TPSA) is 47.0 Å². The predicted octanol–water partition coefficient (Wildman–Crippen LogP) is 2.30. The molecule has 0 amide bonds. The Balaban J connectivity index is 1.65. The van der Waals surface area contributed by atoms with Crippen LogP contribution in [0.5, 0.6) is 5.75 Å². The summed E-state index contributed by atoms with van der Waals surface area (Å²) in [5, 5.41) is 3.82. The van der Waals surface area contributed by atoms with Gasteiger partial charge in [0, 0.05) is 31.5 Å². The van der Waals surface area contributed by atoms with Crippen LogP contribution in [0.15, 0.2) is 42.9 Å². The van der Waals surface area contributed by atoms with Crippen LogP contribution in [0.3, 0.4) is 0 Å². The summed E-state index contributed by atoms with van der Waals surface area (Å²) in [4.78, 5) is 8.16. The number of pyridine rings is 2. The first kappa shape index (κ1) is 12.8. The highest BCUT2D eigenvalue weighted by Crippen LogP contribution is 2.14. The smallest absolute Gasteiger partial charge is 0.139 e. The molecule has 2 aromatic heterocycles. The van der Waals surface area contributed by atoms with Crippen molar-refractivity contribution in [3.8, 4) is 5.75 Å². The summed E-state index contributed by atoms with van der Waals surface area (Å²) < 4.78 is 5.49. The Bertz CT molecular complexity index is 479. The predicted molar refractivity (Wildman–Crippen MR) is 70.7 cm³/mol. The Morgan fingerprint density at radius 3 is 3.00 bits per heavy atom. The van der Waals surface area contributed by atoms with Crippen molar-refractivity contribution in [2.75, 3.05) is 13.2 Å². The molecule has 1 N–H and O–H groups in total. The summed E-state index contributed by atoms with van der Waals surface area (Å²) in [7, 11) is 0. The molecule has 0 bridgehead atoms. The Kier molecular flexibility index (Phi) is 4.93. The zero-order chi connectivity index (χ0) is 12.6. The van der Waals surface area contributed by atoms with Crippen LogP contribution in [0.1, 0.15) is 5.69 Å². The quantitative estimate of drug-likeness (QED) is 0.813. The van der Waals surface area contributed by atoms with E-state index in [1.54, 1.807) is 24.7 Å². The van der Waals surface area contributed by atoms with Crippen molar-refractivity contribution in [3.63, 3.8) is 0 Å². The minimum absolute atomic E-state index is 0.564. The van der Waals surface area contributed by atoms with Crippen molar-refractivity contribution in [2.24, 2.45) is 0 Å². The monoisotopic (exact) mass is 263 g/mol. The van der Waals surface area contributed by atoms with Gasteiger partial charge in [-0.25, -0.2) is 0 Å². The number of rotatable bonds is 6. The molecule has 0 saturated heterocycles. The normalized spacial score (nSPS) is 10.3. The van der Waals surface area contributed by atoms with Gasteiger partial charge in [0.05, 0.1) is 16.9 Å². The second-order valence-electron chi connectivity index (χ2n) is 3.69. The van der Waals surface area contributed by atoms with Gasteiger partial charge in [0.2, 0.25) is 0 Å². The van der Waals surface area contributed by atoms with Gasteiger partial charge in [0.15, 0.2) is 0 Å². The molecule has 2 heterocycles. The van der Waals surface area contributed by atoms with Crippen molar-refractivity contribution >= 4 is 11.6 Å². The van der Waals surface area contributed by atoms with E-state index in [0.29, 0.717) is 17.4 Å². The number of nitrogens with one attached hydrogen (secondary N) is 1. The number of halogens is 1. The van der Waals surface area contributed by atoms with Crippen LogP contribution in [0.25, 0.3) is 0 Å². The number of hydrogen-bond acceptors (Lipinski definition) is 4. The maximum atomic E-state index is 5.80. The minimum atomic E-state index is 0.564. The molecule has 0 aromatic carbocycles. The third-order valence-electron chi connectivity index (χ3n) is 2.26. The number of ether oxygens (including phenoxy) is 1. The summed E-state index contributed by atoms with van der Waals surface area (Å²) in [6.45, 7) is 2.04. The maximum Gasteiger partial charge on any atom is 0.139 e. The molecule has 0 atom stereocenters. The number of hydrogen-bond donors (Lipinski definition) is 1. The molecule has 0 aliphatic rings. The van der Waals surface area contributed by atoms with Crippen molar-refractivity contribution in [3.05, 3.63) is 53.6 Å². The molecule has 0 fully saturated rings. The van der Waals surface area contributed by atoms with Gasteiger partial charge >= 0.3 is 0 Å². The molecule has 2 rings (SSSR count). The fourth-order valence-electron chi connectivity index (χ4n) is 1.43. The van der Waals surface area contributed by atoms with Gasteiger partial charge in [-0.1, -0.05) is 17.7 Å². The first-order valence-corrected chi connectivity index (χ1v) is 6.06. The SMILES string of the molecule is Clc1cncc(OCCNCc2ccccn2)c1. The molecule has 0 aliphatic carbocycles. The van der Waals surface area contributed by atoms with Crippen molar-refractivity contribution in [2.45, 2.75) is 6.54 Å². The molecule has 0 unspecified atom stereocenters. The zero-order valence-electron chi connectivity index (χ0n) is 9.84. The molecule has 4 nitrogen and oxygen atoms in total. The van der Waals surface area contributed by atoms with E-state index >= 15 is 0 Å². The Hall–Kier alpha value is -1.65. The van der Waals surface area contributed by atoms with Gasteiger partial charge in [-0.05, 0) is 12.1 Å². The fraction of sp³-hybridized carbons (Fsp3) is 0.231. The van der Waals surface area contributed by atoms with E-state index in [9.17, 15) is 0 Å². The highest BCUT2D eigenvalue weighted by Gasteiger charge is 1.96. The molecule has 0 saturated carbocycles. The Morgan fingerprint density at radius 2 is 2.22 bits per heavy atom. The summed E-state index contributed by atoms with van der Waals surface area (Å²) >= 11 is 5.80. The summed E-state index contributed by atoms with van der Waals surface area (Å²) in [6.07, 6.45) is 5.00. The molecule has 0 spiro atoms. The largest absolute Gasteiger partial charge is 0.491 e. The van der Waals surface area contributed by atoms with E-state index in [1.807, 2.05) is 18.2 Å². The van der Waals surface area contributed by atoms with Crippen LogP contribution in [0, 0.1) is 0 Å². The van der Waals surface area contributed by atoms with Crippen molar-refractivity contribution in [1.29, 1.82) is 0 Å². The molecule has 0 aliphatic heterocycles. The molecular weight excluding hydrogens is 250 g/mol. The highest BCUT2D eigenvalue weighted by atomic mass is 35.5. The van der Waals surface area contributed by atoms with E-state index in [2.05, 4.69) is 15.3 Å². The van der Waals surface area contributed by atoms with E-state index in [0.717, 1.165) is 18.8 Å². The highest BCUT2D eigenvalue weighted by molar-refractivity contribution is 6.30. The van der Waals surface area contributed by atoms with Crippen LogP contribution in [-0.2, 0) is 6.54 Å². The summed E-state index contributed by atoms with van der Waals surface area (Å²) in [5.74, 6) is 0.683. The van der Waals surface area contributed by atoms with Gasteiger partial charge in [-0.3, -0.25) is 9.97 Å². The van der Waals surface area contributed by atoms with Crippen LogP contribution in [-0.4, -0.2) is 23.1 Å². The average Bonchev–Trinajstić information content (AvgIpc) is 2.40. The van der Waals surface area contributed by atoms with Gasteiger partial charge in [0.1, 0.15) is 12.4 Å². The van der Waals surface area contributed by atoms with E-state index < -0.39 is 0 Å². The van der Waals surface area contributed by atoms with E-state index in [-0.39, 0.29) is 0 Å². The van der Waals surface area contributed by atoms with Crippen LogP contribution >= 0.6 is 11.6 Å². The number of aromatic nitrogens is 2. The second-order valence-corrected chi connectivity index (χ2v) is 4.12. The molecule has 2 aromatic rings. The lowest BCUT2D eigenvalue weighted by Gasteiger charge is -2.07. The number of nitrogens with zero attached hydrogens (tertiary/aromatic N) is 2. The van der Waals surface area contributed by atoms with Gasteiger partial charge in [-0.15, -0.1) is 0 Å². The second kappa shape index (κ2) is 6.93. The van der Waals surface area contributed by atoms with E-state index in [1.165, 1.54) is 0 Å².